The second-order valence-electron chi connectivity index (χ2n) is 5.56. The predicted molar refractivity (Wildman–Crippen MR) is 67.1 cm³/mol. The van der Waals surface area contributed by atoms with Crippen molar-refractivity contribution in [2.45, 2.75) is 38.6 Å². The van der Waals surface area contributed by atoms with Crippen LogP contribution in [0.15, 0.2) is 0 Å². The van der Waals surface area contributed by atoms with E-state index in [2.05, 4.69) is 12.2 Å². The first-order valence-corrected chi connectivity index (χ1v) is 6.83. The van der Waals surface area contributed by atoms with E-state index in [1.165, 1.54) is 0 Å². The lowest BCUT2D eigenvalue weighted by atomic mass is 9.90. The van der Waals surface area contributed by atoms with E-state index in [-0.39, 0.29) is 11.8 Å². The quantitative estimate of drug-likeness (QED) is 0.761. The minimum absolute atomic E-state index is 0.0292. The Morgan fingerprint density at radius 2 is 2.11 bits per heavy atom. The third kappa shape index (κ3) is 2.83. The molecule has 1 amide bonds. The molecule has 0 aromatic heterocycles. The number of piperidine rings is 2. The van der Waals surface area contributed by atoms with Gasteiger partial charge in [-0.2, -0.15) is 0 Å². The molecule has 0 saturated carbocycles. The van der Waals surface area contributed by atoms with E-state index in [4.69, 9.17) is 0 Å². The number of nitrogens with zero attached hydrogens (tertiary/aromatic N) is 1. The summed E-state index contributed by atoms with van der Waals surface area (Å²) >= 11 is 0. The van der Waals surface area contributed by atoms with Crippen LogP contribution in [0.5, 0.6) is 0 Å². The number of amides is 1. The molecule has 2 saturated heterocycles. The van der Waals surface area contributed by atoms with Gasteiger partial charge in [-0.25, -0.2) is 4.79 Å². The van der Waals surface area contributed by atoms with Crippen molar-refractivity contribution in [3.63, 3.8) is 0 Å². The highest BCUT2D eigenvalue weighted by atomic mass is 16.4. The van der Waals surface area contributed by atoms with Crippen LogP contribution in [0.4, 0.5) is 0 Å². The highest BCUT2D eigenvalue weighted by Gasteiger charge is 2.37. The Hall–Kier alpha value is -1.10. The maximum atomic E-state index is 12.4. The first kappa shape index (κ1) is 13.3. The summed E-state index contributed by atoms with van der Waals surface area (Å²) in [6.07, 6.45) is 3.37. The molecule has 2 aliphatic rings. The summed E-state index contributed by atoms with van der Waals surface area (Å²) in [5.74, 6) is -0.478. The topological polar surface area (TPSA) is 69.6 Å². The maximum Gasteiger partial charge on any atom is 0.326 e. The normalized spacial score (nSPS) is 33.2. The molecule has 3 unspecified atom stereocenters. The van der Waals surface area contributed by atoms with Crippen LogP contribution in [0.1, 0.15) is 32.6 Å². The van der Waals surface area contributed by atoms with Crippen LogP contribution in [0.25, 0.3) is 0 Å². The Morgan fingerprint density at radius 3 is 2.72 bits per heavy atom. The molecule has 0 bridgehead atoms. The van der Waals surface area contributed by atoms with Crippen molar-refractivity contribution in [3.8, 4) is 0 Å². The summed E-state index contributed by atoms with van der Waals surface area (Å²) in [6.45, 7) is 4.30. The molecule has 0 spiro atoms. The van der Waals surface area contributed by atoms with Crippen LogP contribution in [-0.2, 0) is 9.59 Å². The summed E-state index contributed by atoms with van der Waals surface area (Å²) in [5.41, 5.74) is 0. The number of hydrogen-bond acceptors (Lipinski definition) is 3. The zero-order valence-electron chi connectivity index (χ0n) is 10.9. The fraction of sp³-hybridized carbons (Fsp3) is 0.846. The smallest absolute Gasteiger partial charge is 0.326 e. The lowest BCUT2D eigenvalue weighted by molar-refractivity contribution is -0.155. The van der Waals surface area contributed by atoms with E-state index in [0.29, 0.717) is 25.4 Å². The number of carbonyl (C=O) groups is 2. The second-order valence-corrected chi connectivity index (χ2v) is 5.56. The zero-order chi connectivity index (χ0) is 13.1. The van der Waals surface area contributed by atoms with Crippen molar-refractivity contribution in [2.24, 2.45) is 11.8 Å². The molecule has 0 aromatic carbocycles. The van der Waals surface area contributed by atoms with Crippen molar-refractivity contribution in [2.75, 3.05) is 19.6 Å². The fourth-order valence-electron chi connectivity index (χ4n) is 2.94. The molecule has 102 valence electrons. The Balaban J connectivity index is 2.04. The fourth-order valence-corrected chi connectivity index (χ4v) is 2.94. The molecule has 0 aromatic rings. The second kappa shape index (κ2) is 5.69. The molecule has 2 heterocycles. The molecular formula is C13H22N2O3. The molecule has 18 heavy (non-hydrogen) atoms. The molecule has 0 radical (unpaired) electrons. The Morgan fingerprint density at radius 1 is 1.33 bits per heavy atom. The van der Waals surface area contributed by atoms with E-state index in [0.717, 1.165) is 25.8 Å². The minimum atomic E-state index is -0.862. The Kier molecular flexibility index (Phi) is 4.22. The minimum Gasteiger partial charge on any atom is -0.480 e. The molecule has 2 aliphatic heterocycles. The average molecular weight is 254 g/mol. The van der Waals surface area contributed by atoms with Crippen molar-refractivity contribution in [1.82, 2.24) is 10.2 Å². The lowest BCUT2D eigenvalue weighted by Gasteiger charge is -2.38. The van der Waals surface area contributed by atoms with Crippen molar-refractivity contribution >= 4 is 11.9 Å². The molecule has 5 heteroatoms. The van der Waals surface area contributed by atoms with Crippen LogP contribution in [0.2, 0.25) is 0 Å². The highest BCUT2D eigenvalue weighted by molar-refractivity contribution is 5.85. The largest absolute Gasteiger partial charge is 0.480 e. The maximum absolute atomic E-state index is 12.4. The number of carbonyl (C=O) groups excluding carboxylic acids is 1. The summed E-state index contributed by atoms with van der Waals surface area (Å²) < 4.78 is 0. The monoisotopic (exact) mass is 254 g/mol. The number of aliphatic carboxylic acids is 1. The predicted octanol–water partition coefficient (Wildman–Crippen LogP) is 0.698. The molecular weight excluding hydrogens is 232 g/mol. The van der Waals surface area contributed by atoms with Crippen molar-refractivity contribution in [1.29, 1.82) is 0 Å². The van der Waals surface area contributed by atoms with Gasteiger partial charge in [0.25, 0.3) is 0 Å². The molecule has 0 aliphatic carbocycles. The van der Waals surface area contributed by atoms with Gasteiger partial charge in [-0.3, -0.25) is 4.79 Å². The van der Waals surface area contributed by atoms with Crippen molar-refractivity contribution < 1.29 is 14.7 Å². The van der Waals surface area contributed by atoms with Crippen LogP contribution >= 0.6 is 0 Å². The lowest BCUT2D eigenvalue weighted by Crippen LogP contribution is -2.53. The van der Waals surface area contributed by atoms with Crippen LogP contribution in [0, 0.1) is 11.8 Å². The number of nitrogens with one attached hydrogen (secondary N) is 1. The Labute approximate surface area is 108 Å². The highest BCUT2D eigenvalue weighted by Crippen LogP contribution is 2.25. The standard InChI is InChI=1S/C13H22N2O3/c1-9-4-6-15(11(7-9)13(17)18)12(16)10-3-2-5-14-8-10/h9-11,14H,2-8H2,1H3,(H,17,18). The number of carboxylic acid groups (broad SMARTS) is 1. The van der Waals surface area contributed by atoms with Crippen LogP contribution in [-0.4, -0.2) is 47.6 Å². The van der Waals surface area contributed by atoms with Crippen LogP contribution < -0.4 is 5.32 Å². The summed E-state index contributed by atoms with van der Waals surface area (Å²) in [4.78, 5) is 25.3. The summed E-state index contributed by atoms with van der Waals surface area (Å²) in [6, 6.07) is -0.622. The van der Waals surface area contributed by atoms with Gasteiger partial charge in [0, 0.05) is 13.1 Å². The van der Waals surface area contributed by atoms with E-state index in [9.17, 15) is 14.7 Å². The van der Waals surface area contributed by atoms with Gasteiger partial charge < -0.3 is 15.3 Å². The summed E-state index contributed by atoms with van der Waals surface area (Å²) in [7, 11) is 0. The van der Waals surface area contributed by atoms with Gasteiger partial charge >= 0.3 is 5.97 Å². The SMILES string of the molecule is CC1CCN(C(=O)C2CCCNC2)C(C(=O)O)C1. The van der Waals surface area contributed by atoms with Crippen molar-refractivity contribution in [3.05, 3.63) is 0 Å². The van der Waals surface area contributed by atoms with Gasteiger partial charge in [0.1, 0.15) is 6.04 Å². The van der Waals surface area contributed by atoms with E-state index >= 15 is 0 Å². The zero-order valence-corrected chi connectivity index (χ0v) is 10.9. The number of rotatable bonds is 2. The van der Waals surface area contributed by atoms with Gasteiger partial charge in [0.15, 0.2) is 0 Å². The van der Waals surface area contributed by atoms with E-state index in [1.807, 2.05) is 0 Å². The van der Waals surface area contributed by atoms with Gasteiger partial charge in [-0.1, -0.05) is 6.92 Å². The molecule has 2 rings (SSSR count). The first-order chi connectivity index (χ1) is 8.59. The molecule has 2 fully saturated rings. The third-order valence-corrected chi connectivity index (χ3v) is 4.08. The summed E-state index contributed by atoms with van der Waals surface area (Å²) in [5, 5.41) is 12.5. The molecule has 5 nitrogen and oxygen atoms in total. The van der Waals surface area contributed by atoms with Gasteiger partial charge in [-0.05, 0) is 38.1 Å². The third-order valence-electron chi connectivity index (χ3n) is 4.08. The van der Waals surface area contributed by atoms with E-state index < -0.39 is 12.0 Å². The number of hydrogen-bond donors (Lipinski definition) is 2. The van der Waals surface area contributed by atoms with Gasteiger partial charge in [0.05, 0.1) is 5.92 Å². The molecule has 3 atom stereocenters. The van der Waals surface area contributed by atoms with E-state index in [1.54, 1.807) is 4.90 Å². The number of carboxylic acids is 1. The Bertz CT molecular complexity index is 326. The van der Waals surface area contributed by atoms with Gasteiger partial charge in [-0.15, -0.1) is 0 Å². The molecule has 2 N–H and O–H groups in total. The van der Waals surface area contributed by atoms with Gasteiger partial charge in [0.2, 0.25) is 5.91 Å². The number of likely N-dealkylation sites (tertiary alicyclic amines) is 1. The van der Waals surface area contributed by atoms with Crippen LogP contribution in [0.3, 0.4) is 0 Å². The average Bonchev–Trinajstić information content (AvgIpc) is 2.39. The first-order valence-electron chi connectivity index (χ1n) is 6.83.